The van der Waals surface area contributed by atoms with Crippen molar-refractivity contribution in [2.45, 2.75) is 18.9 Å². The summed E-state index contributed by atoms with van der Waals surface area (Å²) >= 11 is 12.1. The number of likely N-dealkylation sites (tertiary alicyclic amines) is 1. The van der Waals surface area contributed by atoms with Gasteiger partial charge in [-0.25, -0.2) is 4.79 Å². The van der Waals surface area contributed by atoms with Crippen molar-refractivity contribution in [1.82, 2.24) is 14.0 Å². The Morgan fingerprint density at radius 3 is 2.63 bits per heavy atom. The Labute approximate surface area is 166 Å². The van der Waals surface area contributed by atoms with Gasteiger partial charge in [0, 0.05) is 32.9 Å². The summed E-state index contributed by atoms with van der Waals surface area (Å²) in [5, 5.41) is 0.930. The molecule has 27 heavy (non-hydrogen) atoms. The second-order valence-corrected chi connectivity index (χ2v) is 7.35. The quantitative estimate of drug-likeness (QED) is 0.734. The first-order chi connectivity index (χ1) is 12.8. The van der Waals surface area contributed by atoms with Crippen LogP contribution in [0.3, 0.4) is 0 Å². The second-order valence-electron chi connectivity index (χ2n) is 6.54. The molecular weight excluding hydrogens is 389 g/mol. The molecule has 1 aromatic heterocycles. The summed E-state index contributed by atoms with van der Waals surface area (Å²) < 4.78 is 2.32. The van der Waals surface area contributed by atoms with E-state index >= 15 is 0 Å². The van der Waals surface area contributed by atoms with Crippen molar-refractivity contribution < 1.29 is 4.79 Å². The van der Waals surface area contributed by atoms with Gasteiger partial charge in [-0.1, -0.05) is 29.3 Å². The largest absolute Gasteiger partial charge is 0.332 e. The fourth-order valence-corrected chi connectivity index (χ4v) is 3.61. The van der Waals surface area contributed by atoms with Crippen molar-refractivity contribution in [2.24, 2.45) is 14.1 Å². The van der Waals surface area contributed by atoms with Crippen LogP contribution < -0.4 is 11.2 Å². The Morgan fingerprint density at radius 1 is 1.19 bits per heavy atom. The standard InChI is InChI=1S/C19H19Cl2N3O3/c1-22-11-13(18(26)23(2)19(22)27)6-8-17(25)24-9-3-4-16(24)12-5-7-14(20)15(21)10-12/h5-8,10-11,16H,3-4,9H2,1-2H3/b8-6+/t16-/m1/s1. The predicted molar refractivity (Wildman–Crippen MR) is 106 cm³/mol. The van der Waals surface area contributed by atoms with Crippen molar-refractivity contribution in [1.29, 1.82) is 0 Å². The zero-order valence-electron chi connectivity index (χ0n) is 15.0. The van der Waals surface area contributed by atoms with Gasteiger partial charge in [-0.3, -0.25) is 14.2 Å². The van der Waals surface area contributed by atoms with E-state index in [0.29, 0.717) is 16.6 Å². The van der Waals surface area contributed by atoms with Gasteiger partial charge >= 0.3 is 5.69 Å². The number of carbonyl (C=O) groups excluding carboxylic acids is 1. The number of carbonyl (C=O) groups is 1. The molecular formula is C19H19Cl2N3O3. The summed E-state index contributed by atoms with van der Waals surface area (Å²) in [6.45, 7) is 0.624. The molecule has 1 atom stereocenters. The van der Waals surface area contributed by atoms with E-state index in [1.54, 1.807) is 24.1 Å². The van der Waals surface area contributed by atoms with Gasteiger partial charge in [0.2, 0.25) is 5.91 Å². The van der Waals surface area contributed by atoms with Gasteiger partial charge in [-0.15, -0.1) is 0 Å². The lowest BCUT2D eigenvalue weighted by Gasteiger charge is -2.24. The van der Waals surface area contributed by atoms with E-state index in [9.17, 15) is 14.4 Å². The van der Waals surface area contributed by atoms with Gasteiger partial charge < -0.3 is 9.47 Å². The molecule has 2 aromatic rings. The number of amides is 1. The molecule has 6 nitrogen and oxygen atoms in total. The highest BCUT2D eigenvalue weighted by molar-refractivity contribution is 6.42. The molecule has 0 saturated carbocycles. The Hall–Kier alpha value is -2.31. The monoisotopic (exact) mass is 407 g/mol. The SMILES string of the molecule is Cn1cc(/C=C/C(=O)N2CCC[C@@H]2c2ccc(Cl)c(Cl)c2)c(=O)n(C)c1=O. The molecule has 0 N–H and O–H groups in total. The number of aromatic nitrogens is 2. The van der Waals surface area contributed by atoms with E-state index in [1.165, 1.54) is 30.0 Å². The van der Waals surface area contributed by atoms with E-state index in [-0.39, 0.29) is 17.5 Å². The number of benzene rings is 1. The summed E-state index contributed by atoms with van der Waals surface area (Å²) in [7, 11) is 2.96. The lowest BCUT2D eigenvalue weighted by atomic mass is 10.0. The first-order valence-electron chi connectivity index (χ1n) is 8.50. The van der Waals surface area contributed by atoms with Gasteiger partial charge in [-0.2, -0.15) is 0 Å². The maximum atomic E-state index is 12.7. The average molecular weight is 408 g/mol. The lowest BCUT2D eigenvalue weighted by molar-refractivity contribution is -0.126. The van der Waals surface area contributed by atoms with Crippen LogP contribution in [0.25, 0.3) is 6.08 Å². The van der Waals surface area contributed by atoms with Crippen LogP contribution in [0.15, 0.2) is 40.1 Å². The van der Waals surface area contributed by atoms with Crippen molar-refractivity contribution >= 4 is 35.2 Å². The molecule has 1 aliphatic rings. The Kier molecular flexibility index (Phi) is 5.58. The summed E-state index contributed by atoms with van der Waals surface area (Å²) in [6, 6.07) is 5.30. The fraction of sp³-hybridized carbons (Fsp3) is 0.316. The molecule has 1 amide bonds. The van der Waals surface area contributed by atoms with Crippen molar-refractivity contribution in [3.63, 3.8) is 0 Å². The molecule has 1 fully saturated rings. The van der Waals surface area contributed by atoms with Crippen LogP contribution in [-0.2, 0) is 18.9 Å². The van der Waals surface area contributed by atoms with Crippen LogP contribution in [0, 0.1) is 0 Å². The maximum absolute atomic E-state index is 12.7. The minimum Gasteiger partial charge on any atom is -0.332 e. The van der Waals surface area contributed by atoms with Gasteiger partial charge in [0.1, 0.15) is 0 Å². The van der Waals surface area contributed by atoms with Crippen LogP contribution in [0.4, 0.5) is 0 Å². The molecule has 1 aliphatic heterocycles. The summed E-state index contributed by atoms with van der Waals surface area (Å²) in [4.78, 5) is 38.4. The summed E-state index contributed by atoms with van der Waals surface area (Å²) in [6.07, 6.45) is 5.96. The fourth-order valence-electron chi connectivity index (χ4n) is 3.30. The molecule has 0 aliphatic carbocycles. The van der Waals surface area contributed by atoms with Crippen molar-refractivity contribution in [3.05, 3.63) is 72.5 Å². The third-order valence-corrected chi connectivity index (χ3v) is 5.48. The first-order valence-corrected chi connectivity index (χ1v) is 9.25. The zero-order valence-corrected chi connectivity index (χ0v) is 16.5. The smallest absolute Gasteiger partial charge is 0.330 e. The number of hydrogen-bond donors (Lipinski definition) is 0. The second kappa shape index (κ2) is 7.74. The lowest BCUT2D eigenvalue weighted by Crippen LogP contribution is -2.37. The number of aryl methyl sites for hydroxylation is 1. The molecule has 0 bridgehead atoms. The summed E-state index contributed by atoms with van der Waals surface area (Å²) in [5.41, 5.74) is 0.354. The van der Waals surface area contributed by atoms with Crippen LogP contribution in [0.1, 0.15) is 30.0 Å². The van der Waals surface area contributed by atoms with Crippen molar-refractivity contribution in [2.75, 3.05) is 6.54 Å². The van der Waals surface area contributed by atoms with E-state index in [0.717, 1.165) is 23.0 Å². The molecule has 2 heterocycles. The maximum Gasteiger partial charge on any atom is 0.330 e. The molecule has 0 spiro atoms. The Bertz CT molecular complexity index is 1040. The van der Waals surface area contributed by atoms with Gasteiger partial charge in [0.25, 0.3) is 5.56 Å². The van der Waals surface area contributed by atoms with E-state index in [2.05, 4.69) is 0 Å². The van der Waals surface area contributed by atoms with Crippen LogP contribution in [-0.4, -0.2) is 26.5 Å². The normalized spacial score (nSPS) is 17.0. The highest BCUT2D eigenvalue weighted by Crippen LogP contribution is 2.35. The number of halogens is 2. The molecule has 0 unspecified atom stereocenters. The van der Waals surface area contributed by atoms with Gasteiger partial charge in [-0.05, 0) is 36.6 Å². The van der Waals surface area contributed by atoms with Crippen LogP contribution in [0.2, 0.25) is 10.0 Å². The van der Waals surface area contributed by atoms with Crippen LogP contribution >= 0.6 is 23.2 Å². The zero-order chi connectivity index (χ0) is 19.7. The highest BCUT2D eigenvalue weighted by atomic mass is 35.5. The van der Waals surface area contributed by atoms with E-state index in [4.69, 9.17) is 23.2 Å². The molecule has 1 saturated heterocycles. The number of hydrogen-bond acceptors (Lipinski definition) is 3. The molecule has 3 rings (SSSR count). The van der Waals surface area contributed by atoms with Gasteiger partial charge in [0.15, 0.2) is 0 Å². The third kappa shape index (κ3) is 3.87. The summed E-state index contributed by atoms with van der Waals surface area (Å²) in [5.74, 6) is -0.195. The van der Waals surface area contributed by atoms with Crippen LogP contribution in [0.5, 0.6) is 0 Å². The Morgan fingerprint density at radius 2 is 1.93 bits per heavy atom. The van der Waals surface area contributed by atoms with E-state index < -0.39 is 11.2 Å². The predicted octanol–water partition coefficient (Wildman–Crippen LogP) is 2.77. The average Bonchev–Trinajstić information content (AvgIpc) is 3.13. The van der Waals surface area contributed by atoms with Crippen molar-refractivity contribution in [3.8, 4) is 0 Å². The highest BCUT2D eigenvalue weighted by Gasteiger charge is 2.29. The molecule has 0 radical (unpaired) electrons. The molecule has 1 aromatic carbocycles. The number of nitrogens with zero attached hydrogens (tertiary/aromatic N) is 3. The number of rotatable bonds is 3. The Balaban J connectivity index is 1.85. The first kappa shape index (κ1) is 19.5. The topological polar surface area (TPSA) is 64.3 Å². The molecule has 142 valence electrons. The molecule has 8 heteroatoms. The van der Waals surface area contributed by atoms with E-state index in [1.807, 2.05) is 6.07 Å². The minimum absolute atomic E-state index is 0.0834. The minimum atomic E-state index is -0.440. The third-order valence-electron chi connectivity index (χ3n) is 4.74. The van der Waals surface area contributed by atoms with Gasteiger partial charge in [0.05, 0.1) is 21.7 Å².